The second-order valence-electron chi connectivity index (χ2n) is 5.09. The molecule has 0 spiro atoms. The minimum atomic E-state index is -3.08. The van der Waals surface area contributed by atoms with Gasteiger partial charge >= 0.3 is 0 Å². The summed E-state index contributed by atoms with van der Waals surface area (Å²) >= 11 is 0. The highest BCUT2D eigenvalue weighted by Crippen LogP contribution is 2.44. The Morgan fingerprint density at radius 1 is 1.53 bits per heavy atom. The predicted molar refractivity (Wildman–Crippen MR) is 72.7 cm³/mol. The molecule has 0 radical (unpaired) electrons. The van der Waals surface area contributed by atoms with Gasteiger partial charge in [-0.05, 0) is 29.7 Å². The van der Waals surface area contributed by atoms with Crippen LogP contribution in [-0.2, 0) is 16.4 Å². The van der Waals surface area contributed by atoms with Crippen LogP contribution in [0.4, 0.5) is 5.95 Å². The minimum absolute atomic E-state index is 0.326. The fourth-order valence-corrected chi connectivity index (χ4v) is 3.22. The molecule has 8 heteroatoms. The van der Waals surface area contributed by atoms with Gasteiger partial charge in [0.15, 0.2) is 9.84 Å². The molecule has 106 valence electrons. The molecule has 0 aromatic carbocycles. The largest absolute Gasteiger partial charge is 0.342 e. The smallest absolute Gasteiger partial charge is 0.245 e. The standard InChI is InChI=1S/C11H19N5O2S/c1-4-5-8-15(2)10-12-13-14-16(10)9-11(6-7-11)19(3,17)18/h4H,1,5-9H2,2-3H3. The molecule has 0 amide bonds. The average Bonchev–Trinajstić information content (AvgIpc) is 2.97. The van der Waals surface area contributed by atoms with Gasteiger partial charge in [-0.1, -0.05) is 11.2 Å². The first-order valence-electron chi connectivity index (χ1n) is 6.17. The molecule has 1 heterocycles. The summed E-state index contributed by atoms with van der Waals surface area (Å²) in [5.74, 6) is 0.594. The molecule has 0 atom stereocenters. The van der Waals surface area contributed by atoms with E-state index in [0.717, 1.165) is 13.0 Å². The zero-order valence-corrected chi connectivity index (χ0v) is 12.1. The van der Waals surface area contributed by atoms with E-state index in [1.165, 1.54) is 6.26 Å². The van der Waals surface area contributed by atoms with Crippen LogP contribution in [0.5, 0.6) is 0 Å². The molecule has 0 saturated heterocycles. The van der Waals surface area contributed by atoms with E-state index >= 15 is 0 Å². The molecule has 0 aliphatic heterocycles. The highest BCUT2D eigenvalue weighted by molar-refractivity contribution is 7.92. The second-order valence-corrected chi connectivity index (χ2v) is 7.50. The molecule has 0 N–H and O–H groups in total. The summed E-state index contributed by atoms with van der Waals surface area (Å²) in [4.78, 5) is 1.90. The van der Waals surface area contributed by atoms with Crippen LogP contribution in [0.2, 0.25) is 0 Å². The average molecular weight is 285 g/mol. The summed E-state index contributed by atoms with van der Waals surface area (Å²) in [6.45, 7) is 4.75. The van der Waals surface area contributed by atoms with Gasteiger partial charge in [-0.15, -0.1) is 6.58 Å². The first kappa shape index (κ1) is 14.0. The molecule has 2 rings (SSSR count). The van der Waals surface area contributed by atoms with Crippen LogP contribution in [0.3, 0.4) is 0 Å². The number of anilines is 1. The van der Waals surface area contributed by atoms with E-state index in [0.29, 0.717) is 25.3 Å². The number of hydrogen-bond donors (Lipinski definition) is 0. The third kappa shape index (κ3) is 2.78. The summed E-state index contributed by atoms with van der Waals surface area (Å²) in [5, 5.41) is 11.5. The fraction of sp³-hybridized carbons (Fsp3) is 0.727. The maximum Gasteiger partial charge on any atom is 0.245 e. The maximum atomic E-state index is 11.8. The van der Waals surface area contributed by atoms with Crippen molar-refractivity contribution in [3.63, 3.8) is 0 Å². The molecular weight excluding hydrogens is 266 g/mol. The number of sulfone groups is 1. The van der Waals surface area contributed by atoms with Crippen molar-refractivity contribution >= 4 is 15.8 Å². The third-order valence-electron chi connectivity index (χ3n) is 3.56. The highest BCUT2D eigenvalue weighted by Gasteiger charge is 2.53. The first-order valence-corrected chi connectivity index (χ1v) is 8.06. The molecule has 1 saturated carbocycles. The van der Waals surface area contributed by atoms with Crippen LogP contribution in [0.25, 0.3) is 0 Å². The number of nitrogens with zero attached hydrogens (tertiary/aromatic N) is 5. The number of hydrogen-bond acceptors (Lipinski definition) is 6. The Labute approximate surface area is 113 Å². The Balaban J connectivity index is 2.15. The maximum absolute atomic E-state index is 11.8. The lowest BCUT2D eigenvalue weighted by atomic mass is 10.4. The Morgan fingerprint density at radius 3 is 2.74 bits per heavy atom. The molecular formula is C11H19N5O2S. The zero-order valence-electron chi connectivity index (χ0n) is 11.3. The molecule has 7 nitrogen and oxygen atoms in total. The van der Waals surface area contributed by atoms with Crippen LogP contribution >= 0.6 is 0 Å². The van der Waals surface area contributed by atoms with Gasteiger partial charge in [-0.25, -0.2) is 13.1 Å². The Hall–Kier alpha value is -1.44. The molecule has 1 aliphatic carbocycles. The Kier molecular flexibility index (Phi) is 3.62. The summed E-state index contributed by atoms with van der Waals surface area (Å²) < 4.78 is 24.5. The Morgan fingerprint density at radius 2 is 2.21 bits per heavy atom. The van der Waals surface area contributed by atoms with Crippen LogP contribution in [0.1, 0.15) is 19.3 Å². The van der Waals surface area contributed by atoms with Crippen LogP contribution in [-0.4, -0.2) is 53.2 Å². The number of aromatic nitrogens is 4. The normalized spacial score (nSPS) is 17.2. The van der Waals surface area contributed by atoms with Gasteiger partial charge in [0, 0.05) is 19.8 Å². The van der Waals surface area contributed by atoms with Crippen molar-refractivity contribution in [2.45, 2.75) is 30.6 Å². The molecule has 1 fully saturated rings. The second kappa shape index (κ2) is 4.92. The predicted octanol–water partition coefficient (Wildman–Crippen LogP) is 0.263. The molecule has 0 unspecified atom stereocenters. The van der Waals surface area contributed by atoms with Crippen molar-refractivity contribution in [2.24, 2.45) is 0 Å². The monoisotopic (exact) mass is 285 g/mol. The summed E-state index contributed by atoms with van der Waals surface area (Å²) in [7, 11) is -1.20. The van der Waals surface area contributed by atoms with E-state index in [1.807, 2.05) is 18.0 Å². The van der Waals surface area contributed by atoms with E-state index in [9.17, 15) is 8.42 Å². The van der Waals surface area contributed by atoms with Crippen molar-refractivity contribution in [1.82, 2.24) is 20.2 Å². The summed E-state index contributed by atoms with van der Waals surface area (Å²) in [6, 6.07) is 0. The molecule has 1 aromatic heterocycles. The fourth-order valence-electron chi connectivity index (χ4n) is 2.02. The van der Waals surface area contributed by atoms with Crippen molar-refractivity contribution in [2.75, 3.05) is 24.7 Å². The lowest BCUT2D eigenvalue weighted by Crippen LogP contribution is -2.31. The van der Waals surface area contributed by atoms with Gasteiger partial charge in [0.25, 0.3) is 0 Å². The molecule has 1 aromatic rings. The van der Waals surface area contributed by atoms with Gasteiger partial charge < -0.3 is 4.90 Å². The lowest BCUT2D eigenvalue weighted by molar-refractivity contribution is 0.522. The van der Waals surface area contributed by atoms with Crippen molar-refractivity contribution < 1.29 is 8.42 Å². The summed E-state index contributed by atoms with van der Waals surface area (Å²) in [6.07, 6.45) is 5.29. The van der Waals surface area contributed by atoms with Gasteiger partial charge in [-0.2, -0.15) is 0 Å². The lowest BCUT2D eigenvalue weighted by Gasteiger charge is -2.19. The summed E-state index contributed by atoms with van der Waals surface area (Å²) in [5.41, 5.74) is 0. The molecule has 1 aliphatic rings. The first-order chi connectivity index (χ1) is 8.89. The van der Waals surface area contributed by atoms with E-state index in [-0.39, 0.29) is 0 Å². The van der Waals surface area contributed by atoms with E-state index in [4.69, 9.17) is 0 Å². The quantitative estimate of drug-likeness (QED) is 0.669. The molecule has 19 heavy (non-hydrogen) atoms. The van der Waals surface area contributed by atoms with Crippen molar-refractivity contribution in [1.29, 1.82) is 0 Å². The van der Waals surface area contributed by atoms with Gasteiger partial charge in [0.1, 0.15) is 0 Å². The third-order valence-corrected chi connectivity index (χ3v) is 5.67. The van der Waals surface area contributed by atoms with Crippen LogP contribution in [0.15, 0.2) is 12.7 Å². The Bertz CT molecular complexity index is 561. The van der Waals surface area contributed by atoms with Crippen LogP contribution < -0.4 is 4.90 Å². The molecule has 0 bridgehead atoms. The number of tetrazole rings is 1. The van der Waals surface area contributed by atoms with Crippen molar-refractivity contribution in [3.05, 3.63) is 12.7 Å². The number of rotatable bonds is 7. The topological polar surface area (TPSA) is 81.0 Å². The van der Waals surface area contributed by atoms with Crippen LogP contribution in [0, 0.1) is 0 Å². The van der Waals surface area contributed by atoms with Gasteiger partial charge in [-0.3, -0.25) is 0 Å². The van der Waals surface area contributed by atoms with Gasteiger partial charge in [0.2, 0.25) is 5.95 Å². The van der Waals surface area contributed by atoms with E-state index in [2.05, 4.69) is 22.1 Å². The van der Waals surface area contributed by atoms with Crippen molar-refractivity contribution in [3.8, 4) is 0 Å². The van der Waals surface area contributed by atoms with Gasteiger partial charge in [0.05, 0.1) is 11.3 Å². The van der Waals surface area contributed by atoms with E-state index < -0.39 is 14.6 Å². The highest BCUT2D eigenvalue weighted by atomic mass is 32.2. The SMILES string of the molecule is C=CCCN(C)c1nnnn1CC1(S(C)(=O)=O)CC1. The zero-order chi connectivity index (χ0) is 14.1. The minimum Gasteiger partial charge on any atom is -0.342 e. The van der Waals surface area contributed by atoms with E-state index in [1.54, 1.807) is 4.68 Å².